The Balaban J connectivity index is 0. The molecule has 0 aromatic carbocycles. The van der Waals surface area contributed by atoms with Gasteiger partial charge in [-0.1, -0.05) is 0 Å². The van der Waals surface area contributed by atoms with Gasteiger partial charge < -0.3 is 20.4 Å². The lowest BCUT2D eigenvalue weighted by atomic mass is 10.6. The lowest BCUT2D eigenvalue weighted by molar-refractivity contribution is 0.318. The average molecular weight is 175 g/mol. The summed E-state index contributed by atoms with van der Waals surface area (Å²) in [5.41, 5.74) is 5.11. The monoisotopic (exact) mass is 175 g/mol. The number of aliphatic hydroxyl groups excluding tert-OH is 2. The molecule has 1 heterocycles. The summed E-state index contributed by atoms with van der Waals surface area (Å²) in [6, 6.07) is 3.44. The first-order chi connectivity index (χ1) is 5.72. The Morgan fingerprint density at radius 3 is 1.83 bits per heavy atom. The van der Waals surface area contributed by atoms with E-state index in [1.807, 2.05) is 0 Å². The van der Waals surface area contributed by atoms with Crippen LogP contribution in [0, 0.1) is 0 Å². The van der Waals surface area contributed by atoms with E-state index in [9.17, 15) is 0 Å². The molecule has 0 aliphatic rings. The van der Waals surface area contributed by atoms with Crippen LogP contribution in [0.2, 0.25) is 0 Å². The first-order valence-corrected chi connectivity index (χ1v) is 3.73. The first kappa shape index (κ1) is 13.6. The van der Waals surface area contributed by atoms with Gasteiger partial charge in [0.1, 0.15) is 0 Å². The summed E-state index contributed by atoms with van der Waals surface area (Å²) in [4.78, 5) is 0. The molecular formula is C8H17NO3. The highest BCUT2D eigenvalue weighted by molar-refractivity contribution is 5.20. The molecule has 4 N–H and O–H groups in total. The van der Waals surface area contributed by atoms with Crippen LogP contribution in [0.4, 0.5) is 5.88 Å². The van der Waals surface area contributed by atoms with Crippen LogP contribution in [0.25, 0.3) is 0 Å². The van der Waals surface area contributed by atoms with Crippen molar-refractivity contribution in [2.45, 2.75) is 13.8 Å². The predicted octanol–water partition coefficient (Wildman–Crippen LogP) is 0.859. The van der Waals surface area contributed by atoms with Gasteiger partial charge in [0.15, 0.2) is 5.88 Å². The van der Waals surface area contributed by atoms with Crippen molar-refractivity contribution in [3.8, 4) is 0 Å². The maximum Gasteiger partial charge on any atom is 0.190 e. The normalized spacial score (nSPS) is 7.33. The number of hydrogen-bond donors (Lipinski definition) is 3. The van der Waals surface area contributed by atoms with Crippen molar-refractivity contribution in [3.63, 3.8) is 0 Å². The van der Waals surface area contributed by atoms with Gasteiger partial charge in [-0.3, -0.25) is 0 Å². The van der Waals surface area contributed by atoms with Crippen LogP contribution in [0.15, 0.2) is 22.8 Å². The summed E-state index contributed by atoms with van der Waals surface area (Å²) in [7, 11) is 0. The van der Waals surface area contributed by atoms with Crippen molar-refractivity contribution in [1.29, 1.82) is 0 Å². The largest absolute Gasteiger partial charge is 0.449 e. The average Bonchev–Trinajstić information content (AvgIpc) is 2.43. The van der Waals surface area contributed by atoms with Gasteiger partial charge in [-0.2, -0.15) is 0 Å². The van der Waals surface area contributed by atoms with Crippen molar-refractivity contribution in [3.05, 3.63) is 18.4 Å². The lowest BCUT2D eigenvalue weighted by Crippen LogP contribution is -1.74. The maximum atomic E-state index is 7.57. The van der Waals surface area contributed by atoms with E-state index < -0.39 is 0 Å². The van der Waals surface area contributed by atoms with Crippen LogP contribution in [0.1, 0.15) is 13.8 Å². The number of nitrogens with two attached hydrogens (primary N) is 1. The molecule has 0 saturated carbocycles. The van der Waals surface area contributed by atoms with Crippen LogP contribution in [-0.2, 0) is 0 Å². The second-order valence-corrected chi connectivity index (χ2v) is 1.65. The number of furan rings is 1. The van der Waals surface area contributed by atoms with Gasteiger partial charge >= 0.3 is 0 Å². The van der Waals surface area contributed by atoms with E-state index in [0.717, 1.165) is 0 Å². The fourth-order valence-corrected chi connectivity index (χ4v) is 0.291. The zero-order valence-corrected chi connectivity index (χ0v) is 7.53. The van der Waals surface area contributed by atoms with Crippen LogP contribution in [0.5, 0.6) is 0 Å². The molecule has 0 unspecified atom stereocenters. The van der Waals surface area contributed by atoms with E-state index >= 15 is 0 Å². The minimum atomic E-state index is 0.250. The van der Waals surface area contributed by atoms with E-state index in [1.54, 1.807) is 26.0 Å². The van der Waals surface area contributed by atoms with Gasteiger partial charge in [-0.25, -0.2) is 0 Å². The van der Waals surface area contributed by atoms with Gasteiger partial charge in [-0.15, -0.1) is 0 Å². The Bertz CT molecular complexity index is 138. The zero-order valence-electron chi connectivity index (χ0n) is 7.53. The third kappa shape index (κ3) is 16.0. The standard InChI is InChI=1S/C4H5NO.2C2H6O/c5-4-2-1-3-6-4;2*1-2-3/h1-3H,5H2;2*3H,2H2,1H3. The Hall–Kier alpha value is -1.00. The Morgan fingerprint density at radius 1 is 1.33 bits per heavy atom. The summed E-state index contributed by atoms with van der Waals surface area (Å²) in [6.07, 6.45) is 1.54. The molecule has 0 fully saturated rings. The molecule has 1 aromatic rings. The molecule has 72 valence electrons. The van der Waals surface area contributed by atoms with Crippen molar-refractivity contribution < 1.29 is 14.6 Å². The molecule has 0 spiro atoms. The minimum Gasteiger partial charge on any atom is -0.449 e. The number of hydrogen-bond acceptors (Lipinski definition) is 4. The van der Waals surface area contributed by atoms with E-state index in [4.69, 9.17) is 15.9 Å². The second kappa shape index (κ2) is 12.7. The maximum absolute atomic E-state index is 7.57. The van der Waals surface area contributed by atoms with E-state index in [-0.39, 0.29) is 13.2 Å². The molecule has 0 aliphatic heterocycles. The molecule has 0 atom stereocenters. The summed E-state index contributed by atoms with van der Waals surface area (Å²) in [6.45, 7) is 3.86. The van der Waals surface area contributed by atoms with Gasteiger partial charge in [-0.05, 0) is 19.9 Å². The van der Waals surface area contributed by atoms with Crippen LogP contribution < -0.4 is 5.73 Å². The third-order valence-electron chi connectivity index (χ3n) is 0.543. The summed E-state index contributed by atoms with van der Waals surface area (Å²) < 4.78 is 4.61. The molecule has 1 rings (SSSR count). The molecule has 0 radical (unpaired) electrons. The van der Waals surface area contributed by atoms with Crippen molar-refractivity contribution in [2.75, 3.05) is 18.9 Å². The SMILES string of the molecule is CCO.CCO.Nc1ccco1. The predicted molar refractivity (Wildman–Crippen MR) is 48.6 cm³/mol. The third-order valence-corrected chi connectivity index (χ3v) is 0.543. The Kier molecular flexibility index (Phi) is 14.3. The summed E-state index contributed by atoms with van der Waals surface area (Å²) in [5, 5.41) is 15.1. The molecule has 0 bridgehead atoms. The summed E-state index contributed by atoms with van der Waals surface area (Å²) in [5.74, 6) is 0.468. The van der Waals surface area contributed by atoms with E-state index in [2.05, 4.69) is 4.42 Å². The van der Waals surface area contributed by atoms with Crippen molar-refractivity contribution in [2.24, 2.45) is 0 Å². The Labute approximate surface area is 72.6 Å². The quantitative estimate of drug-likeness (QED) is 0.546. The molecule has 12 heavy (non-hydrogen) atoms. The smallest absolute Gasteiger partial charge is 0.190 e. The van der Waals surface area contributed by atoms with Crippen LogP contribution >= 0.6 is 0 Å². The van der Waals surface area contributed by atoms with Crippen molar-refractivity contribution >= 4 is 5.88 Å². The van der Waals surface area contributed by atoms with Crippen molar-refractivity contribution in [1.82, 2.24) is 0 Å². The fraction of sp³-hybridized carbons (Fsp3) is 0.500. The molecular weight excluding hydrogens is 158 g/mol. The van der Waals surface area contributed by atoms with Crippen LogP contribution in [-0.4, -0.2) is 23.4 Å². The van der Waals surface area contributed by atoms with E-state index in [0.29, 0.717) is 5.88 Å². The molecule has 0 aliphatic carbocycles. The van der Waals surface area contributed by atoms with Gasteiger partial charge in [0, 0.05) is 19.3 Å². The lowest BCUT2D eigenvalue weighted by Gasteiger charge is -1.70. The number of nitrogen functional groups attached to an aromatic ring is 1. The fourth-order valence-electron chi connectivity index (χ4n) is 0.291. The highest BCUT2D eigenvalue weighted by atomic mass is 16.3. The highest BCUT2D eigenvalue weighted by Crippen LogP contribution is 1.97. The molecule has 1 aromatic heterocycles. The van der Waals surface area contributed by atoms with Crippen LogP contribution in [0.3, 0.4) is 0 Å². The molecule has 4 nitrogen and oxygen atoms in total. The Morgan fingerprint density at radius 2 is 1.75 bits per heavy atom. The van der Waals surface area contributed by atoms with Gasteiger partial charge in [0.2, 0.25) is 0 Å². The molecule has 0 saturated heterocycles. The molecule has 4 heteroatoms. The minimum absolute atomic E-state index is 0.250. The second-order valence-electron chi connectivity index (χ2n) is 1.65. The molecule has 0 amide bonds. The number of anilines is 1. The number of rotatable bonds is 0. The zero-order chi connectivity index (χ0) is 9.82. The highest BCUT2D eigenvalue weighted by Gasteiger charge is 1.76. The number of aliphatic hydroxyl groups is 2. The summed E-state index contributed by atoms with van der Waals surface area (Å²) >= 11 is 0. The van der Waals surface area contributed by atoms with Gasteiger partial charge in [0.25, 0.3) is 0 Å². The first-order valence-electron chi connectivity index (χ1n) is 3.73. The van der Waals surface area contributed by atoms with E-state index in [1.165, 1.54) is 6.26 Å². The topological polar surface area (TPSA) is 79.6 Å². The van der Waals surface area contributed by atoms with Gasteiger partial charge in [0.05, 0.1) is 6.26 Å².